The fourth-order valence-corrected chi connectivity index (χ4v) is 2.46. The van der Waals surface area contributed by atoms with Crippen LogP contribution in [0.15, 0.2) is 42.5 Å². The van der Waals surface area contributed by atoms with Crippen molar-refractivity contribution in [2.45, 2.75) is 19.9 Å². The number of hydrogen-bond acceptors (Lipinski definition) is 2. The van der Waals surface area contributed by atoms with E-state index in [1.165, 1.54) is 0 Å². The molecule has 0 bridgehead atoms. The van der Waals surface area contributed by atoms with Crippen molar-refractivity contribution in [2.75, 3.05) is 25.5 Å². The van der Waals surface area contributed by atoms with Crippen molar-refractivity contribution in [2.24, 2.45) is 0 Å². The van der Waals surface area contributed by atoms with E-state index in [1.54, 1.807) is 0 Å². The van der Waals surface area contributed by atoms with Gasteiger partial charge in [0.15, 0.2) is 13.1 Å². The fraction of sp³-hybridized carbons (Fsp3) is 0.333. The van der Waals surface area contributed by atoms with E-state index in [9.17, 15) is 9.59 Å². The third-order valence-corrected chi connectivity index (χ3v) is 3.41. The minimum absolute atomic E-state index is 0.0454. The Bertz CT molecular complexity index is 697. The van der Waals surface area contributed by atoms with Gasteiger partial charge in [-0.25, -0.2) is 0 Å². The number of amides is 2. The largest absolute Gasteiger partial charge is 0.349 e. The van der Waals surface area contributed by atoms with Crippen LogP contribution in [-0.4, -0.2) is 38.0 Å². The number of likely N-dealkylation sites (N-methyl/N-ethyl adjacent to an activating group) is 1. The molecule has 2 rings (SSSR count). The first kappa shape index (κ1) is 17.0. The molecule has 0 radical (unpaired) electrons. The summed E-state index contributed by atoms with van der Waals surface area (Å²) in [7, 11) is 1.83. The number of quaternary nitrogens is 1. The first-order chi connectivity index (χ1) is 10.9. The molecule has 0 aromatic heterocycles. The number of anilines is 1. The van der Waals surface area contributed by atoms with Gasteiger partial charge in [-0.2, -0.15) is 0 Å². The van der Waals surface area contributed by atoms with Gasteiger partial charge in [0.05, 0.1) is 7.05 Å². The van der Waals surface area contributed by atoms with Crippen molar-refractivity contribution in [3.63, 3.8) is 0 Å². The molecule has 0 spiro atoms. The average Bonchev–Trinajstić information content (AvgIpc) is 2.45. The Labute approximate surface area is 136 Å². The maximum atomic E-state index is 12.1. The maximum Gasteiger partial charge on any atom is 0.279 e. The molecule has 23 heavy (non-hydrogen) atoms. The zero-order chi connectivity index (χ0) is 16.8. The molecule has 0 aliphatic carbocycles. The molecule has 0 fully saturated rings. The highest BCUT2D eigenvalue weighted by atomic mass is 16.2. The Balaban J connectivity index is 1.89. The normalized spacial score (nSPS) is 12.2. The molecule has 5 heteroatoms. The van der Waals surface area contributed by atoms with Crippen LogP contribution in [0.25, 0.3) is 10.8 Å². The standard InChI is InChI=1S/C18H23N3O2/c1-13(2)19-17(22)11-21(3)12-18(23)20-16-9-8-14-6-4-5-7-15(14)10-16/h4-10,13H,11-12H2,1-3H3,(H,19,22)(H,20,23)/p+1. The van der Waals surface area contributed by atoms with Gasteiger partial charge in [0.2, 0.25) is 0 Å². The van der Waals surface area contributed by atoms with Crippen molar-refractivity contribution in [3.8, 4) is 0 Å². The van der Waals surface area contributed by atoms with E-state index in [0.717, 1.165) is 21.4 Å². The number of rotatable bonds is 6. The van der Waals surface area contributed by atoms with Gasteiger partial charge in [0.1, 0.15) is 0 Å². The van der Waals surface area contributed by atoms with E-state index >= 15 is 0 Å². The Morgan fingerprint density at radius 1 is 1.00 bits per heavy atom. The first-order valence-corrected chi connectivity index (χ1v) is 7.83. The van der Waals surface area contributed by atoms with Gasteiger partial charge in [-0.15, -0.1) is 0 Å². The smallest absolute Gasteiger partial charge is 0.279 e. The lowest BCUT2D eigenvalue weighted by Crippen LogP contribution is -3.11. The second-order valence-electron chi connectivity index (χ2n) is 6.14. The van der Waals surface area contributed by atoms with Gasteiger partial charge in [0.25, 0.3) is 11.8 Å². The summed E-state index contributed by atoms with van der Waals surface area (Å²) in [5, 5.41) is 7.94. The van der Waals surface area contributed by atoms with Crippen LogP contribution in [0.2, 0.25) is 0 Å². The van der Waals surface area contributed by atoms with Crippen molar-refractivity contribution in [3.05, 3.63) is 42.5 Å². The lowest BCUT2D eigenvalue weighted by molar-refractivity contribution is -0.862. The van der Waals surface area contributed by atoms with Crippen molar-refractivity contribution in [1.29, 1.82) is 0 Å². The predicted octanol–water partition coefficient (Wildman–Crippen LogP) is 0.818. The van der Waals surface area contributed by atoms with E-state index in [0.29, 0.717) is 0 Å². The number of nitrogens with one attached hydrogen (secondary N) is 3. The fourth-order valence-electron chi connectivity index (χ4n) is 2.46. The molecule has 1 atom stereocenters. The Morgan fingerprint density at radius 2 is 1.65 bits per heavy atom. The van der Waals surface area contributed by atoms with Crippen LogP contribution in [0, 0.1) is 0 Å². The van der Waals surface area contributed by atoms with Crippen LogP contribution >= 0.6 is 0 Å². The van der Waals surface area contributed by atoms with Gasteiger partial charge in [-0.05, 0) is 36.8 Å². The molecule has 5 nitrogen and oxygen atoms in total. The zero-order valence-electron chi connectivity index (χ0n) is 13.8. The Hall–Kier alpha value is -2.40. The lowest BCUT2D eigenvalue weighted by atomic mass is 10.1. The lowest BCUT2D eigenvalue weighted by Gasteiger charge is -2.15. The molecular formula is C18H24N3O2+. The number of carbonyl (C=O) groups excluding carboxylic acids is 2. The van der Waals surface area contributed by atoms with Gasteiger partial charge < -0.3 is 15.5 Å². The summed E-state index contributed by atoms with van der Waals surface area (Å²) in [6.45, 7) is 4.36. The Morgan fingerprint density at radius 3 is 2.35 bits per heavy atom. The van der Waals surface area contributed by atoms with Crippen LogP contribution in [0.4, 0.5) is 5.69 Å². The summed E-state index contributed by atoms with van der Waals surface area (Å²) in [5.74, 6) is -0.147. The zero-order valence-corrected chi connectivity index (χ0v) is 13.8. The molecule has 0 aliphatic rings. The van der Waals surface area contributed by atoms with Crippen LogP contribution in [0.3, 0.4) is 0 Å². The van der Waals surface area contributed by atoms with Gasteiger partial charge >= 0.3 is 0 Å². The van der Waals surface area contributed by atoms with Crippen LogP contribution in [0.5, 0.6) is 0 Å². The van der Waals surface area contributed by atoms with Crippen molar-refractivity contribution >= 4 is 28.3 Å². The van der Waals surface area contributed by atoms with Gasteiger partial charge in [0, 0.05) is 11.7 Å². The first-order valence-electron chi connectivity index (χ1n) is 7.83. The van der Waals surface area contributed by atoms with Crippen LogP contribution in [0.1, 0.15) is 13.8 Å². The van der Waals surface area contributed by atoms with E-state index in [4.69, 9.17) is 0 Å². The van der Waals surface area contributed by atoms with Gasteiger partial charge in [-0.1, -0.05) is 30.3 Å². The second-order valence-corrected chi connectivity index (χ2v) is 6.14. The third-order valence-electron chi connectivity index (χ3n) is 3.41. The summed E-state index contributed by atoms with van der Waals surface area (Å²) < 4.78 is 0. The van der Waals surface area contributed by atoms with E-state index in [1.807, 2.05) is 63.4 Å². The van der Waals surface area contributed by atoms with E-state index in [-0.39, 0.29) is 30.9 Å². The molecule has 0 heterocycles. The summed E-state index contributed by atoms with van der Waals surface area (Å²) >= 11 is 0. The molecule has 0 saturated heterocycles. The summed E-state index contributed by atoms with van der Waals surface area (Å²) in [6, 6.07) is 13.9. The molecule has 2 aromatic carbocycles. The van der Waals surface area contributed by atoms with Crippen molar-refractivity contribution in [1.82, 2.24) is 5.32 Å². The van der Waals surface area contributed by atoms with E-state index in [2.05, 4.69) is 10.6 Å². The van der Waals surface area contributed by atoms with Crippen LogP contribution in [-0.2, 0) is 9.59 Å². The van der Waals surface area contributed by atoms with E-state index < -0.39 is 0 Å². The SMILES string of the molecule is CC(C)NC(=O)C[NH+](C)CC(=O)Nc1ccc2ccccc2c1. The number of hydrogen-bond donors (Lipinski definition) is 3. The monoisotopic (exact) mass is 314 g/mol. The van der Waals surface area contributed by atoms with Crippen molar-refractivity contribution < 1.29 is 14.5 Å². The highest BCUT2D eigenvalue weighted by Gasteiger charge is 2.14. The highest BCUT2D eigenvalue weighted by Crippen LogP contribution is 2.18. The minimum Gasteiger partial charge on any atom is -0.349 e. The number of fused-ring (bicyclic) bond motifs is 1. The third kappa shape index (κ3) is 5.38. The highest BCUT2D eigenvalue weighted by molar-refractivity contribution is 5.95. The summed E-state index contributed by atoms with van der Waals surface area (Å²) in [4.78, 5) is 24.6. The molecule has 1 unspecified atom stereocenters. The average molecular weight is 314 g/mol. The maximum absolute atomic E-state index is 12.1. The van der Waals surface area contributed by atoms with Crippen LogP contribution < -0.4 is 15.5 Å². The summed E-state index contributed by atoms with van der Waals surface area (Å²) in [6.07, 6.45) is 0. The minimum atomic E-state index is -0.102. The Kier molecular flexibility index (Phi) is 5.71. The van der Waals surface area contributed by atoms with Gasteiger partial charge in [-0.3, -0.25) is 9.59 Å². The molecule has 0 saturated carbocycles. The molecule has 0 aliphatic heterocycles. The number of benzene rings is 2. The summed E-state index contributed by atoms with van der Waals surface area (Å²) in [5.41, 5.74) is 0.771. The topological polar surface area (TPSA) is 62.6 Å². The predicted molar refractivity (Wildman–Crippen MR) is 92.5 cm³/mol. The second kappa shape index (κ2) is 7.74. The molecular weight excluding hydrogens is 290 g/mol. The quantitative estimate of drug-likeness (QED) is 0.739. The molecule has 122 valence electrons. The molecule has 2 amide bonds. The molecule has 2 aromatic rings. The molecule has 3 N–H and O–H groups in total. The number of carbonyl (C=O) groups is 2.